The Labute approximate surface area is 86.1 Å². The van der Waals surface area contributed by atoms with E-state index >= 15 is 0 Å². The maximum Gasteiger partial charge on any atom is 0.221 e. The first-order chi connectivity index (χ1) is 6.56. The second-order valence-electron chi connectivity index (χ2n) is 3.66. The maximum atomic E-state index is 11.3. The van der Waals surface area contributed by atoms with Crippen LogP contribution < -0.4 is 10.6 Å². The lowest BCUT2D eigenvalue weighted by atomic mass is 10.1. The third-order valence-corrected chi connectivity index (χ3v) is 1.88. The molecule has 84 valence electrons. The molecule has 4 heteroatoms. The highest BCUT2D eigenvalue weighted by Gasteiger charge is 2.08. The summed E-state index contributed by atoms with van der Waals surface area (Å²) in [6.45, 7) is 7.23. The van der Waals surface area contributed by atoms with Gasteiger partial charge in [0.2, 0.25) is 5.91 Å². The van der Waals surface area contributed by atoms with Crippen LogP contribution in [-0.4, -0.2) is 36.2 Å². The second-order valence-corrected chi connectivity index (χ2v) is 3.66. The average molecular weight is 202 g/mol. The monoisotopic (exact) mass is 202 g/mol. The Morgan fingerprint density at radius 1 is 1.43 bits per heavy atom. The fourth-order valence-corrected chi connectivity index (χ4v) is 1.30. The van der Waals surface area contributed by atoms with E-state index in [2.05, 4.69) is 10.6 Å². The number of carbonyl (C=O) groups excluding carboxylic acids is 1. The van der Waals surface area contributed by atoms with Crippen LogP contribution in [-0.2, 0) is 4.79 Å². The molecular formula is C10H22N2O2. The number of hydrogen-bond acceptors (Lipinski definition) is 3. The van der Waals surface area contributed by atoms with Crippen LogP contribution in [0.25, 0.3) is 0 Å². The van der Waals surface area contributed by atoms with Gasteiger partial charge in [-0.3, -0.25) is 4.79 Å². The molecule has 0 rings (SSSR count). The van der Waals surface area contributed by atoms with E-state index in [9.17, 15) is 4.79 Å². The van der Waals surface area contributed by atoms with Gasteiger partial charge in [-0.1, -0.05) is 6.92 Å². The summed E-state index contributed by atoms with van der Waals surface area (Å²) >= 11 is 0. The zero-order chi connectivity index (χ0) is 11.0. The molecule has 0 heterocycles. The van der Waals surface area contributed by atoms with Gasteiger partial charge in [0.15, 0.2) is 0 Å². The van der Waals surface area contributed by atoms with Crippen molar-refractivity contribution in [3.05, 3.63) is 0 Å². The van der Waals surface area contributed by atoms with Gasteiger partial charge in [0, 0.05) is 19.0 Å². The highest BCUT2D eigenvalue weighted by atomic mass is 16.3. The molecule has 0 aliphatic rings. The number of nitrogens with one attached hydrogen (secondary N) is 2. The Hall–Kier alpha value is -0.610. The SMILES string of the molecule is CCNCCC(=O)NC(C)CC(C)O. The highest BCUT2D eigenvalue weighted by molar-refractivity contribution is 5.76. The van der Waals surface area contributed by atoms with Crippen molar-refractivity contribution in [3.63, 3.8) is 0 Å². The lowest BCUT2D eigenvalue weighted by Crippen LogP contribution is -2.36. The molecule has 0 bridgehead atoms. The van der Waals surface area contributed by atoms with Gasteiger partial charge in [0.05, 0.1) is 6.10 Å². The Balaban J connectivity index is 3.50. The third kappa shape index (κ3) is 8.01. The fraction of sp³-hybridized carbons (Fsp3) is 0.900. The van der Waals surface area contributed by atoms with E-state index in [1.54, 1.807) is 6.92 Å². The van der Waals surface area contributed by atoms with E-state index in [1.807, 2.05) is 13.8 Å². The van der Waals surface area contributed by atoms with Crippen molar-refractivity contribution in [2.75, 3.05) is 13.1 Å². The number of rotatable bonds is 7. The van der Waals surface area contributed by atoms with Crippen LogP contribution >= 0.6 is 0 Å². The minimum atomic E-state index is -0.362. The van der Waals surface area contributed by atoms with Gasteiger partial charge in [-0.25, -0.2) is 0 Å². The molecule has 0 radical (unpaired) electrons. The summed E-state index contributed by atoms with van der Waals surface area (Å²) in [6.07, 6.45) is 0.740. The lowest BCUT2D eigenvalue weighted by molar-refractivity contribution is -0.121. The normalized spacial score (nSPS) is 14.9. The lowest BCUT2D eigenvalue weighted by Gasteiger charge is -2.15. The first-order valence-electron chi connectivity index (χ1n) is 5.24. The van der Waals surface area contributed by atoms with Gasteiger partial charge < -0.3 is 15.7 Å². The highest BCUT2D eigenvalue weighted by Crippen LogP contribution is 1.96. The molecule has 0 aromatic carbocycles. The molecule has 0 aromatic rings. The summed E-state index contributed by atoms with van der Waals surface area (Å²) in [6, 6.07) is 0.0455. The van der Waals surface area contributed by atoms with Crippen molar-refractivity contribution in [1.29, 1.82) is 0 Å². The predicted octanol–water partition coefficient (Wildman–Crippen LogP) is 0.262. The number of aliphatic hydroxyl groups excluding tert-OH is 1. The van der Waals surface area contributed by atoms with Gasteiger partial charge in [-0.2, -0.15) is 0 Å². The van der Waals surface area contributed by atoms with Crippen molar-refractivity contribution in [1.82, 2.24) is 10.6 Å². The smallest absolute Gasteiger partial charge is 0.221 e. The Morgan fingerprint density at radius 2 is 2.07 bits per heavy atom. The average Bonchev–Trinajstić information content (AvgIpc) is 2.02. The first kappa shape index (κ1) is 13.4. The first-order valence-corrected chi connectivity index (χ1v) is 5.24. The maximum absolute atomic E-state index is 11.3. The van der Waals surface area contributed by atoms with Crippen molar-refractivity contribution >= 4 is 5.91 Å². The van der Waals surface area contributed by atoms with E-state index in [-0.39, 0.29) is 18.1 Å². The summed E-state index contributed by atoms with van der Waals surface area (Å²) in [5.41, 5.74) is 0. The molecule has 0 saturated carbocycles. The molecule has 0 aliphatic carbocycles. The Morgan fingerprint density at radius 3 is 2.57 bits per heavy atom. The minimum Gasteiger partial charge on any atom is -0.393 e. The molecule has 3 N–H and O–H groups in total. The van der Waals surface area contributed by atoms with Gasteiger partial charge in [0.25, 0.3) is 0 Å². The topological polar surface area (TPSA) is 61.4 Å². The van der Waals surface area contributed by atoms with E-state index in [0.717, 1.165) is 6.54 Å². The molecule has 0 aliphatic heterocycles. The van der Waals surface area contributed by atoms with Gasteiger partial charge in [0.1, 0.15) is 0 Å². The molecule has 0 saturated heterocycles. The van der Waals surface area contributed by atoms with Gasteiger partial charge >= 0.3 is 0 Å². The molecule has 0 fully saturated rings. The fourth-order valence-electron chi connectivity index (χ4n) is 1.30. The molecule has 1 amide bonds. The number of aliphatic hydroxyl groups is 1. The molecule has 0 aromatic heterocycles. The number of amides is 1. The van der Waals surface area contributed by atoms with E-state index in [4.69, 9.17) is 5.11 Å². The van der Waals surface area contributed by atoms with Crippen molar-refractivity contribution in [3.8, 4) is 0 Å². The number of carbonyl (C=O) groups is 1. The third-order valence-electron chi connectivity index (χ3n) is 1.88. The standard InChI is InChI=1S/C10H22N2O2/c1-4-11-6-5-10(14)12-8(2)7-9(3)13/h8-9,11,13H,4-7H2,1-3H3,(H,12,14). The largest absolute Gasteiger partial charge is 0.393 e. The van der Waals surface area contributed by atoms with Crippen molar-refractivity contribution < 1.29 is 9.90 Å². The van der Waals surface area contributed by atoms with Crippen LogP contribution in [0.4, 0.5) is 0 Å². The zero-order valence-corrected chi connectivity index (χ0v) is 9.34. The van der Waals surface area contributed by atoms with Crippen LogP contribution in [0.1, 0.15) is 33.6 Å². The molecule has 14 heavy (non-hydrogen) atoms. The van der Waals surface area contributed by atoms with Crippen molar-refractivity contribution in [2.24, 2.45) is 0 Å². The van der Waals surface area contributed by atoms with Crippen LogP contribution in [0.2, 0.25) is 0 Å². The Bertz CT molecular complexity index is 160. The van der Waals surface area contributed by atoms with Crippen LogP contribution in [0, 0.1) is 0 Å². The van der Waals surface area contributed by atoms with Crippen LogP contribution in [0.15, 0.2) is 0 Å². The minimum absolute atomic E-state index is 0.0408. The van der Waals surface area contributed by atoms with Crippen LogP contribution in [0.5, 0.6) is 0 Å². The molecule has 2 unspecified atom stereocenters. The van der Waals surface area contributed by atoms with E-state index in [0.29, 0.717) is 19.4 Å². The summed E-state index contributed by atoms with van der Waals surface area (Å²) in [5, 5.41) is 15.0. The molecule has 0 spiro atoms. The van der Waals surface area contributed by atoms with E-state index in [1.165, 1.54) is 0 Å². The zero-order valence-electron chi connectivity index (χ0n) is 9.34. The second kappa shape index (κ2) is 7.76. The number of hydrogen-bond donors (Lipinski definition) is 3. The molecule has 2 atom stereocenters. The van der Waals surface area contributed by atoms with E-state index < -0.39 is 0 Å². The predicted molar refractivity (Wildman–Crippen MR) is 57.1 cm³/mol. The van der Waals surface area contributed by atoms with Crippen LogP contribution in [0.3, 0.4) is 0 Å². The quantitative estimate of drug-likeness (QED) is 0.519. The summed E-state index contributed by atoms with van der Waals surface area (Å²) < 4.78 is 0. The summed E-state index contributed by atoms with van der Waals surface area (Å²) in [5.74, 6) is 0.0408. The molecular weight excluding hydrogens is 180 g/mol. The summed E-state index contributed by atoms with van der Waals surface area (Å²) in [7, 11) is 0. The van der Waals surface area contributed by atoms with Crippen molar-refractivity contribution in [2.45, 2.75) is 45.8 Å². The van der Waals surface area contributed by atoms with Gasteiger partial charge in [-0.05, 0) is 26.8 Å². The Kier molecular flexibility index (Phi) is 7.42. The summed E-state index contributed by atoms with van der Waals surface area (Å²) in [4.78, 5) is 11.3. The molecule has 4 nitrogen and oxygen atoms in total. The van der Waals surface area contributed by atoms with Gasteiger partial charge in [-0.15, -0.1) is 0 Å².